The van der Waals surface area contributed by atoms with Gasteiger partial charge in [-0.1, -0.05) is 48.5 Å². The molecule has 3 unspecified atom stereocenters. The number of aromatic nitrogens is 3. The van der Waals surface area contributed by atoms with E-state index >= 15 is 0 Å². The number of aliphatic carboxylic acids is 1. The SMILES string of the molecule is O=C(Nc1n[nH]c(C(=O)N2CC3CC2C3C(=O)O)n1)OCC1c2ccccc2-c2ccccc21. The molecule has 4 aliphatic rings. The number of hydrogen-bond donors (Lipinski definition) is 3. The number of ether oxygens (including phenoxy) is 1. The molecule has 3 aromatic rings. The van der Waals surface area contributed by atoms with Gasteiger partial charge in [-0.3, -0.25) is 20.0 Å². The smallest absolute Gasteiger partial charge is 0.414 e. The number of hydrogen-bond acceptors (Lipinski definition) is 6. The van der Waals surface area contributed by atoms with Gasteiger partial charge in [0.15, 0.2) is 0 Å². The summed E-state index contributed by atoms with van der Waals surface area (Å²) >= 11 is 0. The Bertz CT molecular complexity index is 1270. The summed E-state index contributed by atoms with van der Waals surface area (Å²) in [5.41, 5.74) is 4.47. The number of carboxylic acid groups (broad SMARTS) is 1. The van der Waals surface area contributed by atoms with Crippen LogP contribution in [-0.4, -0.2) is 62.4 Å². The molecule has 2 aromatic carbocycles. The maximum absolute atomic E-state index is 12.7. The minimum absolute atomic E-state index is 0.0206. The summed E-state index contributed by atoms with van der Waals surface area (Å²) < 4.78 is 5.47. The summed E-state index contributed by atoms with van der Waals surface area (Å²) in [6.07, 6.45) is -0.0453. The average Bonchev–Trinajstić information content (AvgIpc) is 3.59. The quantitative estimate of drug-likeness (QED) is 0.533. The number of rotatable bonds is 5. The fraction of sp³-hybridized carbons (Fsp3) is 0.292. The lowest BCUT2D eigenvalue weighted by Crippen LogP contribution is -2.45. The fourth-order valence-corrected chi connectivity index (χ4v) is 5.49. The van der Waals surface area contributed by atoms with Crippen molar-refractivity contribution in [1.29, 1.82) is 0 Å². The molecule has 34 heavy (non-hydrogen) atoms. The topological polar surface area (TPSA) is 138 Å². The molecule has 10 nitrogen and oxygen atoms in total. The van der Waals surface area contributed by atoms with Crippen molar-refractivity contribution in [1.82, 2.24) is 20.1 Å². The van der Waals surface area contributed by atoms with Crippen molar-refractivity contribution < 1.29 is 24.2 Å². The number of nitrogens with one attached hydrogen (secondary N) is 2. The van der Waals surface area contributed by atoms with E-state index in [4.69, 9.17) is 4.74 Å². The molecule has 1 saturated carbocycles. The maximum Gasteiger partial charge on any atom is 0.414 e. The van der Waals surface area contributed by atoms with Crippen LogP contribution in [0.3, 0.4) is 0 Å². The van der Waals surface area contributed by atoms with E-state index in [2.05, 4.69) is 32.6 Å². The minimum Gasteiger partial charge on any atom is -0.481 e. The van der Waals surface area contributed by atoms with Crippen LogP contribution in [0.2, 0.25) is 0 Å². The van der Waals surface area contributed by atoms with E-state index in [1.54, 1.807) is 0 Å². The van der Waals surface area contributed by atoms with Crippen molar-refractivity contribution in [2.75, 3.05) is 18.5 Å². The lowest BCUT2D eigenvalue weighted by molar-refractivity contribution is -0.147. The Balaban J connectivity index is 1.09. The number of carbonyl (C=O) groups excluding carboxylic acids is 2. The zero-order valence-electron chi connectivity index (χ0n) is 18.0. The van der Waals surface area contributed by atoms with Crippen LogP contribution >= 0.6 is 0 Å². The van der Waals surface area contributed by atoms with Gasteiger partial charge in [0.1, 0.15) is 6.61 Å². The minimum atomic E-state index is -0.883. The fourth-order valence-electron chi connectivity index (χ4n) is 5.49. The zero-order valence-corrected chi connectivity index (χ0v) is 18.0. The van der Waals surface area contributed by atoms with Crippen LogP contribution in [-0.2, 0) is 9.53 Å². The first-order chi connectivity index (χ1) is 16.5. The first-order valence-corrected chi connectivity index (χ1v) is 11.1. The van der Waals surface area contributed by atoms with E-state index in [1.165, 1.54) is 4.90 Å². The predicted molar refractivity (Wildman–Crippen MR) is 119 cm³/mol. The molecule has 1 aromatic heterocycles. The number of aromatic amines is 1. The van der Waals surface area contributed by atoms with Crippen molar-refractivity contribution in [2.24, 2.45) is 11.8 Å². The Morgan fingerprint density at radius 3 is 2.41 bits per heavy atom. The first kappa shape index (κ1) is 20.4. The summed E-state index contributed by atoms with van der Waals surface area (Å²) in [4.78, 5) is 42.1. The molecular weight excluding hydrogens is 438 g/mol. The Morgan fingerprint density at radius 2 is 1.76 bits per heavy atom. The van der Waals surface area contributed by atoms with Crippen LogP contribution < -0.4 is 5.32 Å². The Hall–Kier alpha value is -4.21. The summed E-state index contributed by atoms with van der Waals surface area (Å²) in [5, 5.41) is 18.1. The molecule has 3 atom stereocenters. The maximum atomic E-state index is 12.7. The van der Waals surface area contributed by atoms with E-state index in [0.717, 1.165) is 22.3 Å². The van der Waals surface area contributed by atoms with Crippen LogP contribution in [0.5, 0.6) is 0 Å². The van der Waals surface area contributed by atoms with Crippen molar-refractivity contribution in [2.45, 2.75) is 18.4 Å². The molecule has 10 heteroatoms. The second kappa shape index (κ2) is 7.68. The standard InChI is InChI=1S/C24H21N5O5/c30-21(29-10-12-9-18(29)19(12)22(31)32)20-25-23(28-27-20)26-24(33)34-11-17-15-7-3-1-5-13(15)14-6-2-4-8-16(14)17/h1-8,12,17-19H,9-11H2,(H,31,32)(H2,25,26,27,28,33). The normalized spacial score (nSPS) is 22.0. The number of amides is 2. The molecule has 3 heterocycles. The van der Waals surface area contributed by atoms with Crippen LogP contribution in [0.1, 0.15) is 34.1 Å². The van der Waals surface area contributed by atoms with Gasteiger partial charge in [0.2, 0.25) is 5.82 Å². The number of benzene rings is 2. The number of H-pyrrole nitrogens is 1. The van der Waals surface area contributed by atoms with Gasteiger partial charge in [0.25, 0.3) is 11.9 Å². The monoisotopic (exact) mass is 459 g/mol. The first-order valence-electron chi connectivity index (χ1n) is 11.1. The summed E-state index contributed by atoms with van der Waals surface area (Å²) in [6.45, 7) is 0.528. The Labute approximate surface area is 193 Å². The summed E-state index contributed by atoms with van der Waals surface area (Å²) in [7, 11) is 0. The highest BCUT2D eigenvalue weighted by Crippen LogP contribution is 2.47. The number of carboxylic acids is 1. The zero-order chi connectivity index (χ0) is 23.4. The van der Waals surface area contributed by atoms with Crippen molar-refractivity contribution in [3.8, 4) is 11.1 Å². The summed E-state index contributed by atoms with van der Waals surface area (Å²) in [6, 6.07) is 15.8. The van der Waals surface area contributed by atoms with Gasteiger partial charge in [0.05, 0.1) is 5.92 Å². The van der Waals surface area contributed by atoms with Crippen LogP contribution in [0, 0.1) is 11.8 Å². The highest BCUT2D eigenvalue weighted by Gasteiger charge is 2.57. The van der Waals surface area contributed by atoms with Gasteiger partial charge in [0, 0.05) is 18.5 Å². The largest absolute Gasteiger partial charge is 0.481 e. The van der Waals surface area contributed by atoms with Gasteiger partial charge in [-0.2, -0.15) is 4.98 Å². The second-order valence-electron chi connectivity index (χ2n) is 8.84. The molecule has 0 spiro atoms. The van der Waals surface area contributed by atoms with E-state index in [0.29, 0.717) is 13.0 Å². The third-order valence-electron chi connectivity index (χ3n) is 7.09. The molecule has 2 aliphatic carbocycles. The van der Waals surface area contributed by atoms with Crippen LogP contribution in [0.4, 0.5) is 10.7 Å². The number of anilines is 1. The van der Waals surface area contributed by atoms with Crippen molar-refractivity contribution in [3.63, 3.8) is 0 Å². The van der Waals surface area contributed by atoms with E-state index in [-0.39, 0.29) is 36.3 Å². The van der Waals surface area contributed by atoms with Crippen molar-refractivity contribution >= 4 is 23.9 Å². The van der Waals surface area contributed by atoms with E-state index < -0.39 is 23.9 Å². The highest BCUT2D eigenvalue weighted by molar-refractivity contribution is 5.93. The van der Waals surface area contributed by atoms with E-state index in [1.807, 2.05) is 36.4 Å². The number of nitrogens with zero attached hydrogens (tertiary/aromatic N) is 3. The molecule has 2 bridgehead atoms. The van der Waals surface area contributed by atoms with Crippen LogP contribution in [0.15, 0.2) is 48.5 Å². The van der Waals surface area contributed by atoms with Gasteiger partial charge >= 0.3 is 12.1 Å². The molecule has 172 valence electrons. The third-order valence-corrected chi connectivity index (χ3v) is 7.09. The average molecular weight is 459 g/mol. The summed E-state index contributed by atoms with van der Waals surface area (Å²) in [5.74, 6) is -2.06. The lowest BCUT2D eigenvalue weighted by atomic mass is 9.74. The number of carbonyl (C=O) groups is 3. The van der Waals surface area contributed by atoms with Gasteiger partial charge in [-0.15, -0.1) is 5.10 Å². The third kappa shape index (κ3) is 3.13. The van der Waals surface area contributed by atoms with Gasteiger partial charge in [-0.25, -0.2) is 4.79 Å². The van der Waals surface area contributed by atoms with Crippen LogP contribution in [0.25, 0.3) is 11.1 Å². The van der Waals surface area contributed by atoms with Gasteiger partial charge < -0.3 is 14.7 Å². The molecule has 7 rings (SSSR count). The highest BCUT2D eigenvalue weighted by atomic mass is 16.5. The van der Waals surface area contributed by atoms with E-state index in [9.17, 15) is 19.5 Å². The molecule has 2 amide bonds. The molecule has 0 radical (unpaired) electrons. The molecular formula is C24H21N5O5. The molecule has 2 saturated heterocycles. The molecule has 3 fully saturated rings. The Morgan fingerprint density at radius 1 is 1.09 bits per heavy atom. The number of fused-ring (bicyclic) bond motifs is 4. The predicted octanol–water partition coefficient (Wildman–Crippen LogP) is 2.71. The molecule has 3 N–H and O–H groups in total. The lowest BCUT2D eigenvalue weighted by Gasteiger charge is -2.32. The molecule has 2 aliphatic heterocycles. The second-order valence-corrected chi connectivity index (χ2v) is 8.84. The van der Waals surface area contributed by atoms with Gasteiger partial charge in [-0.05, 0) is 34.6 Å². The van der Waals surface area contributed by atoms with Crippen molar-refractivity contribution in [3.05, 3.63) is 65.5 Å². The Kier molecular flexibility index (Phi) is 4.61.